The molecule has 0 aliphatic carbocycles. The molecular weight excluding hydrogens is 207 g/mol. The van der Waals surface area contributed by atoms with E-state index in [-0.39, 0.29) is 0 Å². The highest BCUT2D eigenvalue weighted by Crippen LogP contribution is 2.13. The summed E-state index contributed by atoms with van der Waals surface area (Å²) in [7, 11) is 0. The fraction of sp³-hybridized carbons (Fsp3) is 0.300. The number of hydrogen-bond acceptors (Lipinski definition) is 1. The van der Waals surface area contributed by atoms with Crippen molar-refractivity contribution in [1.29, 1.82) is 0 Å². The Balaban J connectivity index is 4.50. The van der Waals surface area contributed by atoms with Gasteiger partial charge in [0.15, 0.2) is 0 Å². The van der Waals surface area contributed by atoms with E-state index in [4.69, 9.17) is 23.2 Å². The summed E-state index contributed by atoms with van der Waals surface area (Å²) < 4.78 is 0. The number of hydrogen-bond donors (Lipinski definition) is 0. The van der Waals surface area contributed by atoms with E-state index in [1.165, 1.54) is 6.08 Å². The molecule has 13 heavy (non-hydrogen) atoms. The van der Waals surface area contributed by atoms with Crippen LogP contribution in [-0.2, 0) is 4.79 Å². The van der Waals surface area contributed by atoms with Gasteiger partial charge in [-0.05, 0) is 31.6 Å². The van der Waals surface area contributed by atoms with Crippen LogP contribution in [-0.4, -0.2) is 12.2 Å². The Kier molecular flexibility index (Phi) is 6.65. The van der Waals surface area contributed by atoms with Gasteiger partial charge < -0.3 is 0 Å². The molecule has 0 spiro atoms. The number of alkyl halides is 1. The first-order chi connectivity index (χ1) is 6.11. The molecule has 0 saturated heterocycles. The Morgan fingerprint density at radius 3 is 2.31 bits per heavy atom. The van der Waals surface area contributed by atoms with Crippen molar-refractivity contribution in [3.05, 3.63) is 34.4 Å². The van der Waals surface area contributed by atoms with E-state index in [1.54, 1.807) is 13.0 Å². The summed E-state index contributed by atoms with van der Waals surface area (Å²) in [5.74, 6) is 0.483. The summed E-state index contributed by atoms with van der Waals surface area (Å²) in [6, 6.07) is 0. The second-order valence-electron chi connectivity index (χ2n) is 2.65. The Hall–Kier alpha value is -0.530. The van der Waals surface area contributed by atoms with Gasteiger partial charge in [0.2, 0.25) is 0 Å². The third-order valence-electron chi connectivity index (χ3n) is 1.42. The highest BCUT2D eigenvalue weighted by molar-refractivity contribution is 6.32. The fourth-order valence-corrected chi connectivity index (χ4v) is 0.788. The second-order valence-corrected chi connectivity index (χ2v) is 3.32. The number of carbonyl (C=O) groups is 1. The van der Waals surface area contributed by atoms with Gasteiger partial charge in [-0.3, -0.25) is 4.79 Å². The zero-order chi connectivity index (χ0) is 10.3. The molecule has 0 atom stereocenters. The van der Waals surface area contributed by atoms with Gasteiger partial charge in [-0.15, -0.1) is 11.6 Å². The van der Waals surface area contributed by atoms with Gasteiger partial charge >= 0.3 is 0 Å². The van der Waals surface area contributed by atoms with Crippen molar-refractivity contribution >= 4 is 29.5 Å². The van der Waals surface area contributed by atoms with E-state index in [2.05, 4.69) is 0 Å². The molecule has 0 N–H and O–H groups in total. The van der Waals surface area contributed by atoms with E-state index in [0.29, 0.717) is 17.2 Å². The van der Waals surface area contributed by atoms with Gasteiger partial charge in [0.05, 0.1) is 0 Å². The molecule has 0 radical (unpaired) electrons. The number of rotatable bonds is 4. The van der Waals surface area contributed by atoms with Gasteiger partial charge in [-0.25, -0.2) is 0 Å². The molecule has 0 bridgehead atoms. The van der Waals surface area contributed by atoms with Crippen molar-refractivity contribution in [3.8, 4) is 0 Å². The summed E-state index contributed by atoms with van der Waals surface area (Å²) >= 11 is 11.4. The highest BCUT2D eigenvalue weighted by Gasteiger charge is 1.92. The van der Waals surface area contributed by atoms with E-state index in [9.17, 15) is 4.79 Å². The molecule has 0 aliphatic rings. The lowest BCUT2D eigenvalue weighted by atomic mass is 10.2. The van der Waals surface area contributed by atoms with Crippen LogP contribution in [0.1, 0.15) is 13.8 Å². The Labute approximate surface area is 88.7 Å². The first-order valence-electron chi connectivity index (χ1n) is 3.83. The minimum Gasteiger partial charge on any atom is -0.299 e. The number of aldehydes is 1. The molecule has 0 aromatic carbocycles. The molecule has 1 nitrogen and oxygen atoms in total. The molecule has 0 heterocycles. The third-order valence-corrected chi connectivity index (χ3v) is 2.27. The summed E-state index contributed by atoms with van der Waals surface area (Å²) in [4.78, 5) is 10.1. The minimum absolute atomic E-state index is 0.483. The topological polar surface area (TPSA) is 17.1 Å². The molecule has 0 unspecified atom stereocenters. The maximum Gasteiger partial charge on any atom is 0.143 e. The van der Waals surface area contributed by atoms with Gasteiger partial charge in [0.1, 0.15) is 6.29 Å². The maximum atomic E-state index is 10.1. The van der Waals surface area contributed by atoms with Crippen LogP contribution >= 0.6 is 23.2 Å². The average molecular weight is 219 g/mol. The van der Waals surface area contributed by atoms with Crippen molar-refractivity contribution in [1.82, 2.24) is 0 Å². The first kappa shape index (κ1) is 12.5. The van der Waals surface area contributed by atoms with Crippen molar-refractivity contribution in [2.45, 2.75) is 13.8 Å². The van der Waals surface area contributed by atoms with Gasteiger partial charge in [0, 0.05) is 10.9 Å². The van der Waals surface area contributed by atoms with Gasteiger partial charge in [-0.2, -0.15) is 0 Å². The van der Waals surface area contributed by atoms with Crippen molar-refractivity contribution in [2.75, 3.05) is 5.88 Å². The summed E-state index contributed by atoms with van der Waals surface area (Å²) in [6.45, 7) is 3.68. The second kappa shape index (κ2) is 6.93. The molecule has 3 heteroatoms. The van der Waals surface area contributed by atoms with E-state index < -0.39 is 0 Å². The molecule has 72 valence electrons. The van der Waals surface area contributed by atoms with Crippen LogP contribution < -0.4 is 0 Å². The van der Waals surface area contributed by atoms with Crippen LogP contribution in [0.2, 0.25) is 0 Å². The van der Waals surface area contributed by atoms with E-state index in [0.717, 1.165) is 11.1 Å². The third kappa shape index (κ3) is 5.67. The molecule has 0 saturated carbocycles. The first-order valence-corrected chi connectivity index (χ1v) is 4.74. The number of halogens is 2. The molecule has 0 aliphatic heterocycles. The van der Waals surface area contributed by atoms with Gasteiger partial charge in [0.25, 0.3) is 0 Å². The van der Waals surface area contributed by atoms with E-state index in [1.807, 2.05) is 13.0 Å². The van der Waals surface area contributed by atoms with Crippen molar-refractivity contribution in [3.63, 3.8) is 0 Å². The standard InChI is InChI=1S/C10H12Cl2O/c1-8(7-11)3-4-10(12)9(2)5-6-13/h3-6H,7H2,1-2H3/b8-3+,9-5+,10-4-. The molecule has 0 amide bonds. The monoisotopic (exact) mass is 218 g/mol. The largest absolute Gasteiger partial charge is 0.299 e. The van der Waals surface area contributed by atoms with Gasteiger partial charge in [-0.1, -0.05) is 23.3 Å². The fourth-order valence-electron chi connectivity index (χ4n) is 0.573. The van der Waals surface area contributed by atoms with Crippen LogP contribution in [0.25, 0.3) is 0 Å². The normalized spacial score (nSPS) is 14.6. The smallest absolute Gasteiger partial charge is 0.143 e. The molecule has 0 aromatic rings. The highest BCUT2D eigenvalue weighted by atomic mass is 35.5. The van der Waals surface area contributed by atoms with Crippen LogP contribution in [0.5, 0.6) is 0 Å². The maximum absolute atomic E-state index is 10.1. The summed E-state index contributed by atoms with van der Waals surface area (Å²) in [5.41, 5.74) is 1.77. The number of allylic oxidation sites excluding steroid dienone is 6. The summed E-state index contributed by atoms with van der Waals surface area (Å²) in [5, 5.41) is 0.552. The lowest BCUT2D eigenvalue weighted by Gasteiger charge is -1.95. The Bertz CT molecular complexity index is 262. The van der Waals surface area contributed by atoms with Crippen LogP contribution in [0, 0.1) is 0 Å². The molecular formula is C10H12Cl2O. The lowest BCUT2D eigenvalue weighted by Crippen LogP contribution is -1.78. The zero-order valence-electron chi connectivity index (χ0n) is 7.68. The Morgan fingerprint density at radius 1 is 1.23 bits per heavy atom. The van der Waals surface area contributed by atoms with Crippen LogP contribution in [0.3, 0.4) is 0 Å². The predicted octanol–water partition coefficient (Wildman–Crippen LogP) is 3.44. The quantitative estimate of drug-likeness (QED) is 0.306. The average Bonchev–Trinajstić information content (AvgIpc) is 2.13. The minimum atomic E-state index is 0.483. The molecule has 0 fully saturated rings. The SMILES string of the molecule is C\C(=C/C=C(Cl)/C(C)=C/C=O)CCl. The molecule has 0 aromatic heterocycles. The number of carbonyl (C=O) groups excluding carboxylic acids is 1. The predicted molar refractivity (Wildman–Crippen MR) is 58.2 cm³/mol. The zero-order valence-corrected chi connectivity index (χ0v) is 9.19. The Morgan fingerprint density at radius 2 is 1.85 bits per heavy atom. The van der Waals surface area contributed by atoms with Crippen LogP contribution in [0.4, 0.5) is 0 Å². The van der Waals surface area contributed by atoms with Crippen LogP contribution in [0.15, 0.2) is 34.4 Å². The van der Waals surface area contributed by atoms with Crippen molar-refractivity contribution in [2.24, 2.45) is 0 Å². The summed E-state index contributed by atoms with van der Waals surface area (Å²) in [6.07, 6.45) is 5.69. The lowest BCUT2D eigenvalue weighted by molar-refractivity contribution is -0.104. The van der Waals surface area contributed by atoms with E-state index >= 15 is 0 Å². The molecule has 0 rings (SSSR count). The van der Waals surface area contributed by atoms with Crippen molar-refractivity contribution < 1.29 is 4.79 Å².